The molecule has 0 aliphatic carbocycles. The van der Waals surface area contributed by atoms with Crippen molar-refractivity contribution in [2.24, 2.45) is 0 Å². The normalized spacial score (nSPS) is 11.4. The summed E-state index contributed by atoms with van der Waals surface area (Å²) in [4.78, 5) is 13.6. The summed E-state index contributed by atoms with van der Waals surface area (Å²) >= 11 is 0. The fourth-order valence-electron chi connectivity index (χ4n) is 5.59. The number of furan rings is 1. The molecule has 0 fully saturated rings. The highest BCUT2D eigenvalue weighted by Gasteiger charge is 2.13. The second kappa shape index (κ2) is 9.15. The van der Waals surface area contributed by atoms with Crippen LogP contribution >= 0.6 is 0 Å². The monoisotopic (exact) mass is 523 g/mol. The number of pyridine rings is 2. The third kappa shape index (κ3) is 3.83. The molecule has 3 aromatic heterocycles. The molecule has 4 nitrogen and oxygen atoms in total. The summed E-state index contributed by atoms with van der Waals surface area (Å²) in [5, 5.41) is 4.34. The van der Waals surface area contributed by atoms with E-state index in [0.29, 0.717) is 5.69 Å². The first-order valence-electron chi connectivity index (χ1n) is 13.4. The van der Waals surface area contributed by atoms with Gasteiger partial charge in [-0.05, 0) is 29.3 Å². The predicted molar refractivity (Wildman–Crippen MR) is 167 cm³/mol. The average molecular weight is 524 g/mol. The third-order valence-electron chi connectivity index (χ3n) is 7.71. The van der Waals surface area contributed by atoms with E-state index in [-0.39, 0.29) is 0 Å². The van der Waals surface area contributed by atoms with Gasteiger partial charge < -0.3 is 4.42 Å². The van der Waals surface area contributed by atoms with Crippen molar-refractivity contribution in [1.82, 2.24) is 9.97 Å². The van der Waals surface area contributed by atoms with Gasteiger partial charge in [0.2, 0.25) is 0 Å². The second-order valence-corrected chi connectivity index (χ2v) is 10.1. The van der Waals surface area contributed by atoms with Crippen molar-refractivity contribution in [2.45, 2.75) is 0 Å². The predicted octanol–water partition coefficient (Wildman–Crippen LogP) is 10.2. The molecule has 0 saturated carbocycles. The number of aromatic nitrogens is 2. The fourth-order valence-corrected chi connectivity index (χ4v) is 5.59. The van der Waals surface area contributed by atoms with Gasteiger partial charge in [-0.3, -0.25) is 0 Å². The molecule has 0 spiro atoms. The lowest BCUT2D eigenvalue weighted by Crippen LogP contribution is -1.91. The van der Waals surface area contributed by atoms with E-state index >= 15 is 0 Å². The Morgan fingerprint density at radius 2 is 1.07 bits per heavy atom. The Bertz CT molecular complexity index is 2310. The van der Waals surface area contributed by atoms with E-state index < -0.39 is 0 Å². The van der Waals surface area contributed by atoms with Gasteiger partial charge in [-0.1, -0.05) is 109 Å². The largest absolute Gasteiger partial charge is 0.455 e. The van der Waals surface area contributed by atoms with Crippen molar-refractivity contribution in [2.75, 3.05) is 0 Å². The van der Waals surface area contributed by atoms with Crippen LogP contribution in [0, 0.1) is 6.57 Å². The Labute approximate surface area is 236 Å². The third-order valence-corrected chi connectivity index (χ3v) is 7.71. The van der Waals surface area contributed by atoms with Crippen molar-refractivity contribution in [3.8, 4) is 33.6 Å². The van der Waals surface area contributed by atoms with Crippen LogP contribution in [-0.4, -0.2) is 9.97 Å². The van der Waals surface area contributed by atoms with Gasteiger partial charge in [-0.2, -0.15) is 0 Å². The summed E-state index contributed by atoms with van der Waals surface area (Å²) in [7, 11) is 0. The van der Waals surface area contributed by atoms with Gasteiger partial charge >= 0.3 is 0 Å². The second-order valence-electron chi connectivity index (χ2n) is 10.1. The van der Waals surface area contributed by atoms with Gasteiger partial charge in [0.1, 0.15) is 11.2 Å². The maximum atomic E-state index is 7.21. The molecule has 0 bridgehead atoms. The summed E-state index contributed by atoms with van der Waals surface area (Å²) in [6, 6.07) is 43.0. The Hall–Kier alpha value is -5.79. The summed E-state index contributed by atoms with van der Waals surface area (Å²) in [5.41, 5.74) is 10.1. The highest BCUT2D eigenvalue weighted by atomic mass is 16.3. The summed E-state index contributed by atoms with van der Waals surface area (Å²) < 4.78 is 6.26. The molecule has 0 saturated heterocycles. The van der Waals surface area contributed by atoms with Gasteiger partial charge in [0.15, 0.2) is 5.69 Å². The lowest BCUT2D eigenvalue weighted by molar-refractivity contribution is 0.670. The highest BCUT2D eigenvalue weighted by Crippen LogP contribution is 2.36. The summed E-state index contributed by atoms with van der Waals surface area (Å²) in [6.07, 6.45) is 0. The number of benzene rings is 5. The Morgan fingerprint density at radius 3 is 1.73 bits per heavy atom. The van der Waals surface area contributed by atoms with Crippen molar-refractivity contribution >= 4 is 49.4 Å². The zero-order valence-corrected chi connectivity index (χ0v) is 21.9. The smallest absolute Gasteiger partial charge is 0.187 e. The molecule has 4 heteroatoms. The Balaban J connectivity index is 1.20. The van der Waals surface area contributed by atoms with Gasteiger partial charge in [-0.15, -0.1) is 0 Å². The SMILES string of the molecule is [C-]#[N+]c1ccc(-c2ccc3ccc4ccc(-c5ccc(-c6cccc7c6oc6ccccc67)cc5)nc4c3n2)cc1. The van der Waals surface area contributed by atoms with Crippen LogP contribution in [0.5, 0.6) is 0 Å². The van der Waals surface area contributed by atoms with Gasteiger partial charge in [0, 0.05) is 32.7 Å². The maximum Gasteiger partial charge on any atom is 0.187 e. The number of para-hydroxylation sites is 2. The molecule has 0 atom stereocenters. The van der Waals surface area contributed by atoms with Crippen LogP contribution in [0.2, 0.25) is 0 Å². The highest BCUT2D eigenvalue weighted by molar-refractivity contribution is 6.09. The van der Waals surface area contributed by atoms with E-state index in [0.717, 1.165) is 77.4 Å². The first-order valence-corrected chi connectivity index (χ1v) is 13.4. The molecule has 0 radical (unpaired) electrons. The number of fused-ring (bicyclic) bond motifs is 6. The van der Waals surface area contributed by atoms with Crippen molar-refractivity contribution in [3.63, 3.8) is 0 Å². The Morgan fingerprint density at radius 1 is 0.512 bits per heavy atom. The zero-order chi connectivity index (χ0) is 27.3. The minimum atomic E-state index is 0.617. The number of rotatable bonds is 3. The molecule has 0 N–H and O–H groups in total. The molecule has 3 heterocycles. The van der Waals surface area contributed by atoms with Crippen LogP contribution in [0.4, 0.5) is 5.69 Å². The minimum Gasteiger partial charge on any atom is -0.455 e. The van der Waals surface area contributed by atoms with Crippen molar-refractivity contribution < 1.29 is 4.42 Å². The van der Waals surface area contributed by atoms with Crippen LogP contribution in [-0.2, 0) is 0 Å². The summed E-state index contributed by atoms with van der Waals surface area (Å²) in [6.45, 7) is 7.21. The maximum absolute atomic E-state index is 7.21. The van der Waals surface area contributed by atoms with Gasteiger partial charge in [-0.25, -0.2) is 14.8 Å². The molecule has 0 amide bonds. The first kappa shape index (κ1) is 23.1. The van der Waals surface area contributed by atoms with E-state index in [1.807, 2.05) is 48.5 Å². The molecule has 8 rings (SSSR count). The summed E-state index contributed by atoms with van der Waals surface area (Å²) in [5.74, 6) is 0. The van der Waals surface area contributed by atoms with E-state index in [4.69, 9.17) is 21.0 Å². The average Bonchev–Trinajstić information content (AvgIpc) is 3.43. The van der Waals surface area contributed by atoms with Crippen molar-refractivity contribution in [1.29, 1.82) is 0 Å². The van der Waals surface area contributed by atoms with Crippen LogP contribution < -0.4 is 0 Å². The molecule has 190 valence electrons. The molecule has 41 heavy (non-hydrogen) atoms. The van der Waals surface area contributed by atoms with Crippen LogP contribution in [0.15, 0.2) is 132 Å². The molecule has 0 aliphatic rings. The lowest BCUT2D eigenvalue weighted by Gasteiger charge is -2.09. The van der Waals surface area contributed by atoms with Crippen LogP contribution in [0.1, 0.15) is 0 Å². The van der Waals surface area contributed by atoms with Crippen LogP contribution in [0.3, 0.4) is 0 Å². The molecular weight excluding hydrogens is 502 g/mol. The molecule has 0 unspecified atom stereocenters. The standard InChI is InChI=1S/C37H21N3O/c1-38-28-19-15-25(16-20-28)33-22-18-27-14-13-26-17-21-32(39-35(26)36(27)40-33)24-11-9-23(10-12-24)29-6-4-7-31-30-5-2-3-8-34(30)41-37(29)31/h2-22H. The first-order chi connectivity index (χ1) is 20.2. The number of hydrogen-bond acceptors (Lipinski definition) is 3. The van der Waals surface area contributed by atoms with Crippen molar-refractivity contribution in [3.05, 3.63) is 139 Å². The quantitative estimate of drug-likeness (QED) is 0.171. The number of hydrogen-bond donors (Lipinski definition) is 0. The van der Waals surface area contributed by atoms with E-state index in [1.54, 1.807) is 0 Å². The molecular formula is C37H21N3O. The minimum absolute atomic E-state index is 0.617. The van der Waals surface area contributed by atoms with E-state index in [9.17, 15) is 0 Å². The van der Waals surface area contributed by atoms with E-state index in [1.165, 1.54) is 0 Å². The number of nitrogens with zero attached hydrogens (tertiary/aromatic N) is 3. The zero-order valence-electron chi connectivity index (χ0n) is 21.9. The topological polar surface area (TPSA) is 43.3 Å². The fraction of sp³-hybridized carbons (Fsp3) is 0. The molecule has 0 aliphatic heterocycles. The van der Waals surface area contributed by atoms with Gasteiger partial charge in [0.05, 0.1) is 29.0 Å². The van der Waals surface area contributed by atoms with Gasteiger partial charge in [0.25, 0.3) is 0 Å². The molecule has 5 aromatic carbocycles. The lowest BCUT2D eigenvalue weighted by atomic mass is 10.00. The Kier molecular flexibility index (Phi) is 5.16. The molecule has 8 aromatic rings. The van der Waals surface area contributed by atoms with Crippen LogP contribution in [0.25, 0.3) is 82.2 Å². The van der Waals surface area contributed by atoms with E-state index in [2.05, 4.69) is 83.7 Å².